The lowest BCUT2D eigenvalue weighted by Gasteiger charge is -2.12. The molecule has 0 N–H and O–H groups in total. The Labute approximate surface area is 165 Å². The molecule has 0 spiro atoms. The van der Waals surface area contributed by atoms with Crippen LogP contribution in [0.5, 0.6) is 5.75 Å². The Bertz CT molecular complexity index is 1030. The highest BCUT2D eigenvalue weighted by Gasteiger charge is 2.20. The molecular weight excluding hydrogens is 391 g/mol. The number of fused-ring (bicyclic) bond motifs is 1. The van der Waals surface area contributed by atoms with Crippen LogP contribution in [0.15, 0.2) is 51.7 Å². The van der Waals surface area contributed by atoms with Crippen LogP contribution in [0.1, 0.15) is 13.3 Å². The maximum absolute atomic E-state index is 13.0. The summed E-state index contributed by atoms with van der Waals surface area (Å²) in [6, 6.07) is 11.9. The van der Waals surface area contributed by atoms with E-state index in [1.807, 2.05) is 13.0 Å². The summed E-state index contributed by atoms with van der Waals surface area (Å²) in [5, 5.41) is 0.672. The van der Waals surface area contributed by atoms with E-state index in [1.165, 1.54) is 12.1 Å². The fraction of sp³-hybridized carbons (Fsp3) is 0.200. The molecule has 0 atom stereocenters. The predicted octanol–water partition coefficient (Wildman–Crippen LogP) is 5.10. The summed E-state index contributed by atoms with van der Waals surface area (Å²) in [5.41, 5.74) is 0.341. The van der Waals surface area contributed by atoms with Gasteiger partial charge in [0.2, 0.25) is 11.2 Å². The Kier molecular flexibility index (Phi) is 6.04. The van der Waals surface area contributed by atoms with Crippen LogP contribution in [0.3, 0.4) is 0 Å². The molecule has 0 unspecified atom stereocenters. The average Bonchev–Trinajstić information content (AvgIpc) is 2.66. The third-order valence-electron chi connectivity index (χ3n) is 3.71. The van der Waals surface area contributed by atoms with Crippen LogP contribution in [0.25, 0.3) is 22.3 Å². The first-order chi connectivity index (χ1) is 13.0. The summed E-state index contributed by atoms with van der Waals surface area (Å²) in [5.74, 6) is -0.486. The lowest BCUT2D eigenvalue weighted by atomic mass is 10.1. The largest absolute Gasteiger partial charge is 0.474 e. The number of carbonyl (C=O) groups is 1. The Hall–Kier alpha value is -2.50. The molecule has 0 aliphatic heterocycles. The molecule has 1 aromatic heterocycles. The highest BCUT2D eigenvalue weighted by molar-refractivity contribution is 6.38. The normalized spacial score (nSPS) is 10.8. The van der Waals surface area contributed by atoms with Gasteiger partial charge in [0, 0.05) is 10.6 Å². The van der Waals surface area contributed by atoms with Crippen molar-refractivity contribution in [2.24, 2.45) is 0 Å². The van der Waals surface area contributed by atoms with Crippen LogP contribution in [-0.2, 0) is 9.53 Å². The molecule has 3 aromatic rings. The first-order valence-corrected chi connectivity index (χ1v) is 9.06. The lowest BCUT2D eigenvalue weighted by molar-refractivity contribution is -0.146. The van der Waals surface area contributed by atoms with Crippen LogP contribution < -0.4 is 10.2 Å². The molecule has 0 saturated carbocycles. The molecule has 2 aromatic carbocycles. The van der Waals surface area contributed by atoms with Gasteiger partial charge in [-0.15, -0.1) is 0 Å². The molecule has 0 saturated heterocycles. The van der Waals surface area contributed by atoms with E-state index < -0.39 is 18.0 Å². The van der Waals surface area contributed by atoms with Gasteiger partial charge in [0.1, 0.15) is 0 Å². The average molecular weight is 407 g/mol. The number of benzene rings is 2. The zero-order valence-corrected chi connectivity index (χ0v) is 16.0. The van der Waals surface area contributed by atoms with Gasteiger partial charge in [-0.05, 0) is 18.6 Å². The molecule has 3 rings (SSSR count). The molecular formula is C20H16Cl2O5. The Morgan fingerprint density at radius 2 is 1.89 bits per heavy atom. The molecule has 140 valence electrons. The van der Waals surface area contributed by atoms with Crippen molar-refractivity contribution in [2.45, 2.75) is 13.3 Å². The summed E-state index contributed by atoms with van der Waals surface area (Å²) in [6.45, 7) is 1.75. The summed E-state index contributed by atoms with van der Waals surface area (Å²) in [4.78, 5) is 24.8. The van der Waals surface area contributed by atoms with Crippen molar-refractivity contribution >= 4 is 40.1 Å². The summed E-state index contributed by atoms with van der Waals surface area (Å²) < 4.78 is 16.4. The fourth-order valence-electron chi connectivity index (χ4n) is 2.51. The van der Waals surface area contributed by atoms with Gasteiger partial charge in [-0.25, -0.2) is 4.79 Å². The van der Waals surface area contributed by atoms with E-state index in [2.05, 4.69) is 0 Å². The topological polar surface area (TPSA) is 65.7 Å². The summed E-state index contributed by atoms with van der Waals surface area (Å²) >= 11 is 12.2. The van der Waals surface area contributed by atoms with Crippen molar-refractivity contribution in [3.05, 3.63) is 62.7 Å². The third-order valence-corrected chi connectivity index (χ3v) is 4.21. The first-order valence-electron chi connectivity index (χ1n) is 8.31. The molecule has 0 aliphatic carbocycles. The lowest BCUT2D eigenvalue weighted by Crippen LogP contribution is -2.19. The quantitative estimate of drug-likeness (QED) is 0.532. The standard InChI is InChI=1S/C20H16Cl2O5/c1-2-8-25-16(23)11-26-20-17(24)14-9-13(21)10-15(22)19(14)27-18(20)12-6-4-3-5-7-12/h3-7,9-10H,2,8,11H2,1H3. The SMILES string of the molecule is CCCOC(=O)COc1c(-c2ccccc2)oc2c(Cl)cc(Cl)cc2c1=O. The van der Waals surface area contributed by atoms with Gasteiger partial charge in [0.15, 0.2) is 18.0 Å². The van der Waals surface area contributed by atoms with Crippen LogP contribution in [-0.4, -0.2) is 19.2 Å². The van der Waals surface area contributed by atoms with Crippen molar-refractivity contribution < 1.29 is 18.7 Å². The molecule has 0 amide bonds. The van der Waals surface area contributed by atoms with Crippen LogP contribution in [0, 0.1) is 0 Å². The van der Waals surface area contributed by atoms with Crippen LogP contribution in [0.4, 0.5) is 0 Å². The molecule has 0 radical (unpaired) electrons. The zero-order valence-electron chi connectivity index (χ0n) is 14.5. The molecule has 0 bridgehead atoms. The highest BCUT2D eigenvalue weighted by Crippen LogP contribution is 2.34. The predicted molar refractivity (Wildman–Crippen MR) is 105 cm³/mol. The molecule has 5 nitrogen and oxygen atoms in total. The molecule has 0 fully saturated rings. The van der Waals surface area contributed by atoms with E-state index in [9.17, 15) is 9.59 Å². The highest BCUT2D eigenvalue weighted by atomic mass is 35.5. The van der Waals surface area contributed by atoms with Gasteiger partial charge in [0.05, 0.1) is 17.0 Å². The van der Waals surface area contributed by atoms with Crippen LogP contribution in [0.2, 0.25) is 10.0 Å². The smallest absolute Gasteiger partial charge is 0.344 e. The Morgan fingerprint density at radius 1 is 1.15 bits per heavy atom. The minimum atomic E-state index is -0.570. The minimum Gasteiger partial charge on any atom is -0.474 e. The fourth-order valence-corrected chi connectivity index (χ4v) is 3.04. The van der Waals surface area contributed by atoms with Crippen LogP contribution >= 0.6 is 23.2 Å². The van der Waals surface area contributed by atoms with Gasteiger partial charge in [-0.2, -0.15) is 0 Å². The first kappa shape index (κ1) is 19.3. The van der Waals surface area contributed by atoms with E-state index in [0.717, 1.165) is 0 Å². The Morgan fingerprint density at radius 3 is 2.59 bits per heavy atom. The van der Waals surface area contributed by atoms with Crippen molar-refractivity contribution in [3.63, 3.8) is 0 Å². The number of carbonyl (C=O) groups excluding carboxylic acids is 1. The van der Waals surface area contributed by atoms with Gasteiger partial charge >= 0.3 is 5.97 Å². The second-order valence-electron chi connectivity index (χ2n) is 5.73. The minimum absolute atomic E-state index is 0.0968. The summed E-state index contributed by atoms with van der Waals surface area (Å²) in [7, 11) is 0. The van der Waals surface area contributed by atoms with E-state index in [1.54, 1.807) is 24.3 Å². The van der Waals surface area contributed by atoms with Gasteiger partial charge in [-0.3, -0.25) is 4.79 Å². The second-order valence-corrected chi connectivity index (χ2v) is 6.57. The number of ether oxygens (including phenoxy) is 2. The maximum atomic E-state index is 13.0. The number of esters is 1. The number of hydrogen-bond donors (Lipinski definition) is 0. The zero-order chi connectivity index (χ0) is 19.4. The number of rotatable bonds is 6. The van der Waals surface area contributed by atoms with E-state index in [-0.39, 0.29) is 34.1 Å². The van der Waals surface area contributed by atoms with Crippen molar-refractivity contribution in [1.29, 1.82) is 0 Å². The van der Waals surface area contributed by atoms with E-state index in [4.69, 9.17) is 37.1 Å². The number of halogens is 2. The van der Waals surface area contributed by atoms with E-state index >= 15 is 0 Å². The van der Waals surface area contributed by atoms with Crippen molar-refractivity contribution in [2.75, 3.05) is 13.2 Å². The van der Waals surface area contributed by atoms with Gasteiger partial charge in [-0.1, -0.05) is 60.5 Å². The molecule has 7 heteroatoms. The number of hydrogen-bond acceptors (Lipinski definition) is 5. The third kappa shape index (κ3) is 4.26. The van der Waals surface area contributed by atoms with Crippen molar-refractivity contribution in [1.82, 2.24) is 0 Å². The summed E-state index contributed by atoms with van der Waals surface area (Å²) in [6.07, 6.45) is 0.691. The maximum Gasteiger partial charge on any atom is 0.344 e. The van der Waals surface area contributed by atoms with Gasteiger partial charge < -0.3 is 13.9 Å². The Balaban J connectivity index is 2.12. The molecule has 1 heterocycles. The van der Waals surface area contributed by atoms with E-state index in [0.29, 0.717) is 17.0 Å². The van der Waals surface area contributed by atoms with Crippen molar-refractivity contribution in [3.8, 4) is 17.1 Å². The van der Waals surface area contributed by atoms with Gasteiger partial charge in [0.25, 0.3) is 0 Å². The molecule has 27 heavy (non-hydrogen) atoms. The second kappa shape index (κ2) is 8.46. The molecule has 0 aliphatic rings. The monoisotopic (exact) mass is 406 g/mol.